The zero-order valence-electron chi connectivity index (χ0n) is 34.3. The second-order valence-corrected chi connectivity index (χ2v) is 16.6. The van der Waals surface area contributed by atoms with Crippen LogP contribution in [-0.4, -0.2) is 14.1 Å². The Bertz CT molecular complexity index is 3610. The Morgan fingerprint density at radius 2 is 0.540 bits per heavy atom. The fraction of sp³-hybridized carbons (Fsp3) is 0. The molecule has 0 saturated heterocycles. The first-order chi connectivity index (χ1) is 31.2. The van der Waals surface area contributed by atoms with Crippen LogP contribution < -0.4 is 0 Å². The Labute approximate surface area is 364 Å². The lowest BCUT2D eigenvalue weighted by atomic mass is 9.98. The molecule has 0 atom stereocenters. The van der Waals surface area contributed by atoms with E-state index in [9.17, 15) is 0 Å². The maximum atomic E-state index is 3.71. The van der Waals surface area contributed by atoms with Crippen molar-refractivity contribution in [1.82, 2.24) is 14.1 Å². The molecule has 3 nitrogen and oxygen atoms in total. The SMILES string of the molecule is c1ccc(-c2ccc(-n3c4ccccc4c4cc(-c5ccc6[nH]c7ccc(-c8ccc9c(c8)c8ccccc8n9-c8ccc(-c9ccccc9)cc8)cc7c6c5)ccc43)cc2)cc1. The summed E-state index contributed by atoms with van der Waals surface area (Å²) in [5, 5.41) is 7.44. The number of nitrogens with one attached hydrogen (secondary N) is 1. The molecule has 13 aromatic rings. The van der Waals surface area contributed by atoms with Crippen LogP contribution in [0.1, 0.15) is 0 Å². The quantitative estimate of drug-likeness (QED) is 0.173. The largest absolute Gasteiger partial charge is 0.355 e. The van der Waals surface area contributed by atoms with Gasteiger partial charge in [0.05, 0.1) is 22.1 Å². The smallest absolute Gasteiger partial charge is 0.0541 e. The van der Waals surface area contributed by atoms with Gasteiger partial charge in [-0.1, -0.05) is 146 Å². The standard InChI is InChI=1S/C60H39N3/c1-3-11-39(12-4-1)41-19-27-47(28-20-41)62-57-17-9-7-15-49(57)53-37-45(25-33-59(53)62)43-23-31-55-51(35-43)52-36-44(24-32-56(52)61-55)46-26-34-60-54(38-46)50-16-8-10-18-58(50)63(60)48-29-21-42(22-30-48)40-13-5-2-6-14-40/h1-38,61H. The minimum atomic E-state index is 1.14. The normalized spacial score (nSPS) is 11.8. The highest BCUT2D eigenvalue weighted by atomic mass is 15.0. The predicted molar refractivity (Wildman–Crippen MR) is 266 cm³/mol. The van der Waals surface area contributed by atoms with Gasteiger partial charge < -0.3 is 14.1 Å². The molecular formula is C60H39N3. The second kappa shape index (κ2) is 14.1. The van der Waals surface area contributed by atoms with Gasteiger partial charge in [0.1, 0.15) is 0 Å². The average Bonchev–Trinajstić information content (AvgIpc) is 4.01. The first-order valence-corrected chi connectivity index (χ1v) is 21.7. The van der Waals surface area contributed by atoms with Gasteiger partial charge in [0.15, 0.2) is 0 Å². The van der Waals surface area contributed by atoms with Gasteiger partial charge in [0.2, 0.25) is 0 Å². The number of para-hydroxylation sites is 2. The second-order valence-electron chi connectivity index (χ2n) is 16.6. The zero-order valence-corrected chi connectivity index (χ0v) is 34.3. The molecule has 0 fully saturated rings. The van der Waals surface area contributed by atoms with Crippen LogP contribution in [0.4, 0.5) is 0 Å². The molecule has 0 amide bonds. The lowest BCUT2D eigenvalue weighted by Crippen LogP contribution is -1.93. The summed E-state index contributed by atoms with van der Waals surface area (Å²) in [5.41, 5.74) is 19.1. The summed E-state index contributed by atoms with van der Waals surface area (Å²) >= 11 is 0. The molecule has 0 aliphatic heterocycles. The molecule has 0 bridgehead atoms. The third-order valence-electron chi connectivity index (χ3n) is 13.1. The number of H-pyrrole nitrogens is 1. The lowest BCUT2D eigenvalue weighted by Gasteiger charge is -2.10. The highest BCUT2D eigenvalue weighted by Gasteiger charge is 2.17. The van der Waals surface area contributed by atoms with Crippen molar-refractivity contribution in [3.05, 3.63) is 231 Å². The third-order valence-corrected chi connectivity index (χ3v) is 13.1. The van der Waals surface area contributed by atoms with E-state index >= 15 is 0 Å². The monoisotopic (exact) mass is 801 g/mol. The first kappa shape index (κ1) is 35.4. The number of hydrogen-bond acceptors (Lipinski definition) is 0. The van der Waals surface area contributed by atoms with E-state index in [4.69, 9.17) is 0 Å². The molecule has 1 N–H and O–H groups in total. The molecule has 0 aliphatic rings. The molecular weight excluding hydrogens is 763 g/mol. The van der Waals surface area contributed by atoms with Gasteiger partial charge in [-0.05, 0) is 129 Å². The summed E-state index contributed by atoms with van der Waals surface area (Å²) in [6.45, 7) is 0. The lowest BCUT2D eigenvalue weighted by molar-refractivity contribution is 1.18. The van der Waals surface area contributed by atoms with Crippen molar-refractivity contribution in [2.24, 2.45) is 0 Å². The molecule has 0 radical (unpaired) electrons. The van der Waals surface area contributed by atoms with Crippen LogP contribution in [0.15, 0.2) is 231 Å². The van der Waals surface area contributed by atoms with E-state index in [-0.39, 0.29) is 0 Å². The van der Waals surface area contributed by atoms with Crippen molar-refractivity contribution in [2.75, 3.05) is 0 Å². The number of aromatic nitrogens is 3. The molecule has 0 aliphatic carbocycles. The van der Waals surface area contributed by atoms with Crippen molar-refractivity contribution < 1.29 is 0 Å². The molecule has 0 saturated carbocycles. The van der Waals surface area contributed by atoms with Crippen LogP contribution in [0.25, 0.3) is 121 Å². The number of benzene rings is 10. The Balaban J connectivity index is 0.879. The Hall–Kier alpha value is -8.40. The van der Waals surface area contributed by atoms with Gasteiger partial charge in [0, 0.05) is 54.7 Å². The number of nitrogens with zero attached hydrogens (tertiary/aromatic N) is 2. The van der Waals surface area contributed by atoms with Gasteiger partial charge in [-0.25, -0.2) is 0 Å². The van der Waals surface area contributed by atoms with Gasteiger partial charge in [-0.15, -0.1) is 0 Å². The van der Waals surface area contributed by atoms with E-state index in [0.717, 1.165) is 22.4 Å². The summed E-state index contributed by atoms with van der Waals surface area (Å²) in [5.74, 6) is 0. The molecule has 294 valence electrons. The third kappa shape index (κ3) is 5.75. The van der Waals surface area contributed by atoms with E-state index in [0.29, 0.717) is 0 Å². The van der Waals surface area contributed by atoms with Gasteiger partial charge >= 0.3 is 0 Å². The maximum absolute atomic E-state index is 3.71. The fourth-order valence-corrected chi connectivity index (χ4v) is 9.98. The average molecular weight is 802 g/mol. The van der Waals surface area contributed by atoms with Crippen molar-refractivity contribution >= 4 is 65.4 Å². The molecule has 0 spiro atoms. The van der Waals surface area contributed by atoms with Crippen LogP contribution in [0.3, 0.4) is 0 Å². The molecule has 3 aromatic heterocycles. The maximum Gasteiger partial charge on any atom is 0.0541 e. The van der Waals surface area contributed by atoms with E-state index in [1.165, 1.54) is 98.9 Å². The van der Waals surface area contributed by atoms with Crippen molar-refractivity contribution in [1.29, 1.82) is 0 Å². The first-order valence-electron chi connectivity index (χ1n) is 21.7. The summed E-state index contributed by atoms with van der Waals surface area (Å²) < 4.78 is 4.79. The Kier molecular flexibility index (Phi) is 7.91. The molecule has 3 heteroatoms. The number of rotatable bonds is 6. The van der Waals surface area contributed by atoms with Gasteiger partial charge in [-0.3, -0.25) is 0 Å². The van der Waals surface area contributed by atoms with Crippen LogP contribution in [-0.2, 0) is 0 Å². The molecule has 10 aromatic carbocycles. The molecule has 13 rings (SSSR count). The fourth-order valence-electron chi connectivity index (χ4n) is 9.98. The summed E-state index contributed by atoms with van der Waals surface area (Å²) in [7, 11) is 0. The molecule has 3 heterocycles. The van der Waals surface area contributed by atoms with E-state index in [2.05, 4.69) is 245 Å². The van der Waals surface area contributed by atoms with E-state index in [1.807, 2.05) is 0 Å². The predicted octanol–water partition coefficient (Wildman–Crippen LogP) is 16.2. The van der Waals surface area contributed by atoms with Gasteiger partial charge in [-0.2, -0.15) is 0 Å². The van der Waals surface area contributed by atoms with Crippen LogP contribution in [0.5, 0.6) is 0 Å². The van der Waals surface area contributed by atoms with E-state index in [1.54, 1.807) is 0 Å². The number of fused-ring (bicyclic) bond motifs is 9. The van der Waals surface area contributed by atoms with Crippen molar-refractivity contribution in [3.63, 3.8) is 0 Å². The Morgan fingerprint density at radius 3 is 0.968 bits per heavy atom. The number of hydrogen-bond donors (Lipinski definition) is 1. The summed E-state index contributed by atoms with van der Waals surface area (Å²) in [4.78, 5) is 3.71. The van der Waals surface area contributed by atoms with Crippen LogP contribution >= 0.6 is 0 Å². The molecule has 63 heavy (non-hydrogen) atoms. The topological polar surface area (TPSA) is 25.6 Å². The van der Waals surface area contributed by atoms with Crippen LogP contribution in [0, 0.1) is 0 Å². The summed E-state index contributed by atoms with van der Waals surface area (Å²) in [6, 6.07) is 84.1. The zero-order chi connectivity index (χ0) is 41.4. The summed E-state index contributed by atoms with van der Waals surface area (Å²) in [6.07, 6.45) is 0. The minimum absolute atomic E-state index is 1.14. The highest BCUT2D eigenvalue weighted by Crippen LogP contribution is 2.40. The molecule has 0 unspecified atom stereocenters. The van der Waals surface area contributed by atoms with Crippen LogP contribution in [0.2, 0.25) is 0 Å². The van der Waals surface area contributed by atoms with Crippen molar-refractivity contribution in [2.45, 2.75) is 0 Å². The number of aromatic amines is 1. The Morgan fingerprint density at radius 1 is 0.222 bits per heavy atom. The van der Waals surface area contributed by atoms with Crippen molar-refractivity contribution in [3.8, 4) is 55.9 Å². The highest BCUT2D eigenvalue weighted by molar-refractivity contribution is 6.14. The van der Waals surface area contributed by atoms with Gasteiger partial charge in [0.25, 0.3) is 0 Å². The minimum Gasteiger partial charge on any atom is -0.355 e. The van der Waals surface area contributed by atoms with E-state index < -0.39 is 0 Å².